The normalized spacial score (nSPS) is 18.5. The zero-order chi connectivity index (χ0) is 31.7. The lowest BCUT2D eigenvalue weighted by molar-refractivity contribution is -0.126. The number of phenolic OH excluding ortho intramolecular Hbond substituents is 1. The Hall–Kier alpha value is -3.29. The predicted octanol–water partition coefficient (Wildman–Crippen LogP) is 4.32. The SMILES string of the molecule is CS(=O)N1CCN(CCn2c(C#N)cc3cc(CN4CCC(Nc5ncnc6sc(CC(F)(F)F)cc56)CC4)c(O)cc32)CC1. The van der Waals surface area contributed by atoms with Gasteiger partial charge in [0.25, 0.3) is 0 Å². The number of aromatic nitrogens is 3. The van der Waals surface area contributed by atoms with Gasteiger partial charge in [0.1, 0.15) is 34.5 Å². The van der Waals surface area contributed by atoms with Crippen molar-refractivity contribution >= 4 is 49.3 Å². The van der Waals surface area contributed by atoms with Gasteiger partial charge in [0.2, 0.25) is 0 Å². The molecule has 1 unspecified atom stereocenters. The van der Waals surface area contributed by atoms with E-state index in [0.29, 0.717) is 34.8 Å². The van der Waals surface area contributed by atoms with E-state index in [0.717, 1.165) is 86.5 Å². The molecule has 0 radical (unpaired) electrons. The number of aromatic hydroxyl groups is 1. The van der Waals surface area contributed by atoms with E-state index in [2.05, 4.69) is 31.2 Å². The fraction of sp³-hybridized carbons (Fsp3) is 0.500. The molecule has 3 aromatic heterocycles. The van der Waals surface area contributed by atoms with Gasteiger partial charge in [-0.1, -0.05) is 0 Å². The van der Waals surface area contributed by atoms with E-state index in [1.807, 2.05) is 21.0 Å². The van der Waals surface area contributed by atoms with Crippen molar-refractivity contribution in [2.24, 2.45) is 0 Å². The van der Waals surface area contributed by atoms with Crippen molar-refractivity contribution < 1.29 is 22.5 Å². The largest absolute Gasteiger partial charge is 0.508 e. The summed E-state index contributed by atoms with van der Waals surface area (Å²) in [6.45, 7) is 6.64. The van der Waals surface area contributed by atoms with E-state index >= 15 is 0 Å². The number of likely N-dealkylation sites (tertiary alicyclic amines) is 1. The van der Waals surface area contributed by atoms with Crippen LogP contribution in [0, 0.1) is 11.3 Å². The Bertz CT molecular complexity index is 1730. The first-order valence-corrected chi connectivity index (χ1v) is 17.2. The van der Waals surface area contributed by atoms with Crippen LogP contribution >= 0.6 is 11.3 Å². The van der Waals surface area contributed by atoms with Crippen molar-refractivity contribution in [2.75, 3.05) is 57.4 Å². The van der Waals surface area contributed by atoms with Gasteiger partial charge in [0, 0.05) is 93.1 Å². The highest BCUT2D eigenvalue weighted by Gasteiger charge is 2.29. The summed E-state index contributed by atoms with van der Waals surface area (Å²) in [5.74, 6) is 0.754. The van der Waals surface area contributed by atoms with Crippen LogP contribution in [0.2, 0.25) is 0 Å². The Balaban J connectivity index is 1.07. The molecule has 2 N–H and O–H groups in total. The maximum absolute atomic E-state index is 12.9. The van der Waals surface area contributed by atoms with Gasteiger partial charge in [0.15, 0.2) is 0 Å². The minimum Gasteiger partial charge on any atom is -0.508 e. The molecule has 0 amide bonds. The Kier molecular flexibility index (Phi) is 9.30. The monoisotopic (exact) mass is 660 g/mol. The van der Waals surface area contributed by atoms with Gasteiger partial charge in [-0.05, 0) is 31.0 Å². The number of hydrogen-bond acceptors (Lipinski definition) is 9. The number of halogens is 3. The van der Waals surface area contributed by atoms with Gasteiger partial charge in [-0.15, -0.1) is 11.3 Å². The van der Waals surface area contributed by atoms with E-state index in [1.54, 1.807) is 12.3 Å². The number of alkyl halides is 3. The van der Waals surface area contributed by atoms with Gasteiger partial charge < -0.3 is 15.0 Å². The fourth-order valence-electron chi connectivity index (χ4n) is 6.23. The number of fused-ring (bicyclic) bond motifs is 2. The van der Waals surface area contributed by atoms with Crippen LogP contribution in [0.3, 0.4) is 0 Å². The topological polar surface area (TPSA) is 114 Å². The van der Waals surface area contributed by atoms with E-state index in [4.69, 9.17) is 0 Å². The highest BCUT2D eigenvalue weighted by atomic mass is 32.2. The zero-order valence-electron chi connectivity index (χ0n) is 24.9. The summed E-state index contributed by atoms with van der Waals surface area (Å²) in [5.41, 5.74) is 2.18. The van der Waals surface area contributed by atoms with Crippen LogP contribution in [0.5, 0.6) is 5.75 Å². The highest BCUT2D eigenvalue weighted by Crippen LogP contribution is 2.34. The molecule has 2 aliphatic heterocycles. The van der Waals surface area contributed by atoms with Gasteiger partial charge >= 0.3 is 6.18 Å². The first kappa shape index (κ1) is 31.7. The number of hydrogen-bond donors (Lipinski definition) is 2. The number of thiophene rings is 1. The molecule has 2 aliphatic rings. The predicted molar refractivity (Wildman–Crippen MR) is 169 cm³/mol. The first-order chi connectivity index (χ1) is 21.6. The third-order valence-corrected chi connectivity index (χ3v) is 10.8. The van der Waals surface area contributed by atoms with E-state index in [1.165, 1.54) is 12.4 Å². The van der Waals surface area contributed by atoms with Gasteiger partial charge in [-0.25, -0.2) is 18.5 Å². The molecule has 45 heavy (non-hydrogen) atoms. The zero-order valence-corrected chi connectivity index (χ0v) is 26.5. The summed E-state index contributed by atoms with van der Waals surface area (Å²) in [4.78, 5) is 13.8. The summed E-state index contributed by atoms with van der Waals surface area (Å²) in [7, 11) is -0.959. The van der Waals surface area contributed by atoms with E-state index in [9.17, 15) is 27.7 Å². The molecule has 2 saturated heterocycles. The van der Waals surface area contributed by atoms with Crippen LogP contribution in [-0.4, -0.2) is 102 Å². The van der Waals surface area contributed by atoms with Crippen molar-refractivity contribution in [1.29, 1.82) is 5.26 Å². The summed E-state index contributed by atoms with van der Waals surface area (Å²) in [6, 6.07) is 9.54. The molecular weight excluding hydrogens is 626 g/mol. The van der Waals surface area contributed by atoms with Crippen LogP contribution in [-0.2, 0) is 30.5 Å². The summed E-state index contributed by atoms with van der Waals surface area (Å²) in [5, 5.41) is 25.8. The molecule has 0 spiro atoms. The molecule has 0 aliphatic carbocycles. The van der Waals surface area contributed by atoms with Crippen molar-refractivity contribution in [3.05, 3.63) is 46.7 Å². The molecule has 6 rings (SSSR count). The second-order valence-electron chi connectivity index (χ2n) is 11.7. The minimum atomic E-state index is -4.27. The number of nitriles is 1. The van der Waals surface area contributed by atoms with Crippen LogP contribution in [0.4, 0.5) is 19.0 Å². The summed E-state index contributed by atoms with van der Waals surface area (Å²) < 4.78 is 54.4. The Morgan fingerprint density at radius 1 is 1.07 bits per heavy atom. The van der Waals surface area contributed by atoms with E-state index < -0.39 is 23.6 Å². The van der Waals surface area contributed by atoms with Gasteiger partial charge in [-0.3, -0.25) is 9.80 Å². The molecule has 1 atom stereocenters. The molecule has 10 nitrogen and oxygen atoms in total. The van der Waals surface area contributed by atoms with Gasteiger partial charge in [-0.2, -0.15) is 18.4 Å². The Morgan fingerprint density at radius 3 is 2.51 bits per heavy atom. The second-order valence-corrected chi connectivity index (χ2v) is 14.1. The number of anilines is 1. The Labute approximate surface area is 265 Å². The van der Waals surface area contributed by atoms with Crippen molar-refractivity contribution in [3.8, 4) is 11.8 Å². The third-order valence-electron chi connectivity index (χ3n) is 8.63. The lowest BCUT2D eigenvalue weighted by atomic mass is 10.0. The lowest BCUT2D eigenvalue weighted by Crippen LogP contribution is -2.47. The number of piperidine rings is 1. The number of rotatable bonds is 9. The maximum atomic E-state index is 12.9. The lowest BCUT2D eigenvalue weighted by Gasteiger charge is -2.33. The molecule has 4 aromatic rings. The van der Waals surface area contributed by atoms with Crippen molar-refractivity contribution in [3.63, 3.8) is 0 Å². The molecular formula is C30H35F3N8O2S2. The maximum Gasteiger partial charge on any atom is 0.393 e. The van der Waals surface area contributed by atoms with Crippen LogP contribution < -0.4 is 5.32 Å². The molecule has 2 fully saturated rings. The molecule has 15 heteroatoms. The Morgan fingerprint density at radius 2 is 1.82 bits per heavy atom. The number of nitrogens with zero attached hydrogens (tertiary/aromatic N) is 7. The number of nitrogens with one attached hydrogen (secondary N) is 1. The minimum absolute atomic E-state index is 0.112. The van der Waals surface area contributed by atoms with Crippen molar-refractivity contribution in [2.45, 2.75) is 44.6 Å². The molecule has 0 bridgehead atoms. The van der Waals surface area contributed by atoms with Crippen molar-refractivity contribution in [1.82, 2.24) is 28.6 Å². The highest BCUT2D eigenvalue weighted by molar-refractivity contribution is 7.81. The van der Waals surface area contributed by atoms with Crippen LogP contribution in [0.25, 0.3) is 21.1 Å². The molecule has 240 valence electrons. The smallest absolute Gasteiger partial charge is 0.393 e. The van der Waals surface area contributed by atoms with Crippen LogP contribution in [0.15, 0.2) is 30.6 Å². The molecule has 0 saturated carbocycles. The number of benzene rings is 1. The summed E-state index contributed by atoms with van der Waals surface area (Å²) >= 11 is 1.04. The van der Waals surface area contributed by atoms with E-state index in [-0.39, 0.29) is 16.7 Å². The van der Waals surface area contributed by atoms with Crippen LogP contribution in [0.1, 0.15) is 29.0 Å². The van der Waals surface area contributed by atoms with Gasteiger partial charge in [0.05, 0.1) is 28.3 Å². The summed E-state index contributed by atoms with van der Waals surface area (Å²) in [6.07, 6.45) is -0.541. The number of phenols is 1. The molecule has 1 aromatic carbocycles. The second kappa shape index (κ2) is 13.2. The first-order valence-electron chi connectivity index (χ1n) is 14.9. The third kappa shape index (κ3) is 7.41. The number of piperazine rings is 1. The standard InChI is InChI=1S/C30H35F3N8O2S2/c1-45(43)40-9-6-38(7-10-40)8-11-41-23(17-34)13-20-12-21(27(42)15-26(20)41)18-39-4-2-22(3-5-39)37-28-25-14-24(16-30(31,32)33)44-29(25)36-19-35-28/h12-15,19,22,42H,2-11,16,18H2,1H3,(H,35,36,37). The molecule has 5 heterocycles. The average Bonchev–Trinajstić information content (AvgIpc) is 3.56. The quantitative estimate of drug-likeness (QED) is 0.273. The average molecular weight is 661 g/mol. The fourth-order valence-corrected chi connectivity index (χ4v) is 7.94.